The summed E-state index contributed by atoms with van der Waals surface area (Å²) in [6.45, 7) is 1.80. The van der Waals surface area contributed by atoms with Crippen molar-refractivity contribution in [2.75, 3.05) is 17.3 Å². The zero-order chi connectivity index (χ0) is 11.7. The van der Waals surface area contributed by atoms with E-state index < -0.39 is 0 Å². The van der Waals surface area contributed by atoms with Gasteiger partial charge in [0.25, 0.3) is 0 Å². The molecule has 1 aliphatic heterocycles. The van der Waals surface area contributed by atoms with Gasteiger partial charge in [-0.05, 0) is 23.4 Å². The molecule has 0 fully saturated rings. The summed E-state index contributed by atoms with van der Waals surface area (Å²) in [5, 5.41) is 10.2. The van der Waals surface area contributed by atoms with Crippen LogP contribution >= 0.6 is 22.9 Å². The Labute approximate surface area is 108 Å². The van der Waals surface area contributed by atoms with Gasteiger partial charge in [0.2, 0.25) is 5.89 Å². The third kappa shape index (κ3) is 2.17. The Kier molecular flexibility index (Phi) is 3.03. The average molecular weight is 270 g/mol. The smallest absolute Gasteiger partial charge is 0.318 e. The van der Waals surface area contributed by atoms with Crippen molar-refractivity contribution in [3.8, 4) is 0 Å². The van der Waals surface area contributed by atoms with Crippen LogP contribution in [0.1, 0.15) is 16.3 Å². The van der Waals surface area contributed by atoms with E-state index in [2.05, 4.69) is 26.5 Å². The van der Waals surface area contributed by atoms with Crippen LogP contribution in [0.15, 0.2) is 15.9 Å². The van der Waals surface area contributed by atoms with Gasteiger partial charge in [0, 0.05) is 30.3 Å². The highest BCUT2D eigenvalue weighted by Gasteiger charge is 2.21. The molecule has 17 heavy (non-hydrogen) atoms. The molecule has 2 aromatic heterocycles. The van der Waals surface area contributed by atoms with E-state index in [1.165, 1.54) is 10.4 Å². The Hall–Kier alpha value is -1.07. The molecule has 0 unspecified atom stereocenters. The SMILES string of the molecule is ClCCc1nnc(N2CCc3sccc3C2)o1. The predicted molar refractivity (Wildman–Crippen MR) is 67.8 cm³/mol. The van der Waals surface area contributed by atoms with E-state index in [0.29, 0.717) is 24.2 Å². The summed E-state index contributed by atoms with van der Waals surface area (Å²) in [5.41, 5.74) is 1.37. The van der Waals surface area contributed by atoms with Crippen molar-refractivity contribution in [1.29, 1.82) is 0 Å². The van der Waals surface area contributed by atoms with E-state index in [-0.39, 0.29) is 0 Å². The number of rotatable bonds is 3. The van der Waals surface area contributed by atoms with Crippen molar-refractivity contribution >= 4 is 29.0 Å². The zero-order valence-corrected chi connectivity index (χ0v) is 10.8. The number of hydrogen-bond donors (Lipinski definition) is 0. The fourth-order valence-corrected chi connectivity index (χ4v) is 3.02. The van der Waals surface area contributed by atoms with Crippen molar-refractivity contribution in [3.05, 3.63) is 27.8 Å². The van der Waals surface area contributed by atoms with Crippen LogP contribution in [0.3, 0.4) is 0 Å². The highest BCUT2D eigenvalue weighted by Crippen LogP contribution is 2.27. The Balaban J connectivity index is 1.77. The Bertz CT molecular complexity index is 510. The molecule has 1 aliphatic rings. The average Bonchev–Trinajstić information content (AvgIpc) is 2.96. The van der Waals surface area contributed by atoms with E-state index in [4.69, 9.17) is 16.0 Å². The first-order valence-corrected chi connectivity index (χ1v) is 6.97. The molecule has 6 heteroatoms. The van der Waals surface area contributed by atoms with Crippen LogP contribution in [0, 0.1) is 0 Å². The van der Waals surface area contributed by atoms with E-state index >= 15 is 0 Å². The molecule has 0 bridgehead atoms. The quantitative estimate of drug-likeness (QED) is 0.803. The molecule has 0 aliphatic carbocycles. The van der Waals surface area contributed by atoms with Gasteiger partial charge in [-0.25, -0.2) is 0 Å². The number of halogens is 1. The first-order valence-electron chi connectivity index (χ1n) is 5.55. The highest BCUT2D eigenvalue weighted by molar-refractivity contribution is 7.10. The predicted octanol–water partition coefficient (Wildman–Crippen LogP) is 2.48. The first kappa shape index (κ1) is 11.0. The van der Waals surface area contributed by atoms with Gasteiger partial charge < -0.3 is 9.32 Å². The number of hydrogen-bond acceptors (Lipinski definition) is 5. The lowest BCUT2D eigenvalue weighted by molar-refractivity contribution is 0.484. The summed E-state index contributed by atoms with van der Waals surface area (Å²) in [6.07, 6.45) is 1.69. The summed E-state index contributed by atoms with van der Waals surface area (Å²) in [7, 11) is 0. The molecule has 3 rings (SSSR count). The standard InChI is InChI=1S/C11H12ClN3OS/c12-4-1-10-13-14-11(16-10)15-5-2-9-8(7-15)3-6-17-9/h3,6H,1-2,4-5,7H2. The number of nitrogens with zero attached hydrogens (tertiary/aromatic N) is 3. The van der Waals surface area contributed by atoms with E-state index in [1.54, 1.807) is 0 Å². The van der Waals surface area contributed by atoms with Crippen LogP contribution in [0.2, 0.25) is 0 Å². The largest absolute Gasteiger partial charge is 0.408 e. The fourth-order valence-electron chi connectivity index (χ4n) is 1.97. The van der Waals surface area contributed by atoms with Gasteiger partial charge in [0.1, 0.15) is 0 Å². The lowest BCUT2D eigenvalue weighted by Gasteiger charge is -2.24. The summed E-state index contributed by atoms with van der Waals surface area (Å²) in [6, 6.07) is 2.78. The van der Waals surface area contributed by atoms with Crippen LogP contribution in [0.25, 0.3) is 0 Å². The maximum Gasteiger partial charge on any atom is 0.318 e. The molecule has 0 saturated carbocycles. The third-order valence-electron chi connectivity index (χ3n) is 2.84. The second kappa shape index (κ2) is 4.66. The summed E-state index contributed by atoms with van der Waals surface area (Å²) < 4.78 is 5.58. The van der Waals surface area contributed by atoms with Crippen molar-refractivity contribution in [3.63, 3.8) is 0 Å². The molecule has 0 amide bonds. The van der Waals surface area contributed by atoms with Gasteiger partial charge in [-0.15, -0.1) is 28.0 Å². The molecule has 90 valence electrons. The molecular weight excluding hydrogens is 258 g/mol. The first-order chi connectivity index (χ1) is 8.36. The summed E-state index contributed by atoms with van der Waals surface area (Å²) in [5.74, 6) is 1.13. The Morgan fingerprint density at radius 1 is 1.47 bits per heavy atom. The molecule has 0 atom stereocenters. The van der Waals surface area contributed by atoms with Crippen molar-refractivity contribution in [2.45, 2.75) is 19.4 Å². The molecule has 2 aromatic rings. The Morgan fingerprint density at radius 3 is 3.29 bits per heavy atom. The normalized spacial score (nSPS) is 15.0. The van der Waals surface area contributed by atoms with E-state index in [9.17, 15) is 0 Å². The highest BCUT2D eigenvalue weighted by atomic mass is 35.5. The van der Waals surface area contributed by atoms with Gasteiger partial charge in [-0.1, -0.05) is 5.10 Å². The van der Waals surface area contributed by atoms with Crippen LogP contribution in [-0.4, -0.2) is 22.6 Å². The summed E-state index contributed by atoms with van der Waals surface area (Å²) in [4.78, 5) is 3.60. The minimum Gasteiger partial charge on any atom is -0.408 e. The lowest BCUT2D eigenvalue weighted by atomic mass is 10.1. The van der Waals surface area contributed by atoms with Crippen LogP contribution in [0.5, 0.6) is 0 Å². The number of thiophene rings is 1. The van der Waals surface area contributed by atoms with Gasteiger partial charge in [0.05, 0.1) is 0 Å². The van der Waals surface area contributed by atoms with Crippen molar-refractivity contribution in [1.82, 2.24) is 10.2 Å². The second-order valence-corrected chi connectivity index (χ2v) is 5.34. The summed E-state index contributed by atoms with van der Waals surface area (Å²) >= 11 is 7.47. The zero-order valence-electron chi connectivity index (χ0n) is 9.23. The molecule has 4 nitrogen and oxygen atoms in total. The van der Waals surface area contributed by atoms with Gasteiger partial charge in [-0.2, -0.15) is 0 Å². The van der Waals surface area contributed by atoms with Gasteiger partial charge in [0.15, 0.2) is 0 Å². The van der Waals surface area contributed by atoms with Gasteiger partial charge in [-0.3, -0.25) is 0 Å². The number of anilines is 1. The molecule has 0 N–H and O–H groups in total. The van der Waals surface area contributed by atoms with Crippen molar-refractivity contribution < 1.29 is 4.42 Å². The lowest BCUT2D eigenvalue weighted by Crippen LogP contribution is -2.29. The molecule has 0 saturated heterocycles. The Morgan fingerprint density at radius 2 is 2.41 bits per heavy atom. The number of fused-ring (bicyclic) bond motifs is 1. The molecular formula is C11H12ClN3OS. The van der Waals surface area contributed by atoms with E-state index in [0.717, 1.165) is 19.5 Å². The number of aryl methyl sites for hydroxylation is 1. The molecule has 0 radical (unpaired) electrons. The number of aromatic nitrogens is 2. The minimum atomic E-state index is 0.510. The maximum absolute atomic E-state index is 5.64. The van der Waals surface area contributed by atoms with Crippen molar-refractivity contribution in [2.24, 2.45) is 0 Å². The van der Waals surface area contributed by atoms with Crippen LogP contribution < -0.4 is 4.90 Å². The van der Waals surface area contributed by atoms with E-state index in [1.807, 2.05) is 11.3 Å². The van der Waals surface area contributed by atoms with Crippen LogP contribution in [0.4, 0.5) is 6.01 Å². The second-order valence-electron chi connectivity index (χ2n) is 3.96. The minimum absolute atomic E-state index is 0.510. The number of alkyl halides is 1. The molecule has 0 spiro atoms. The molecule has 0 aromatic carbocycles. The maximum atomic E-state index is 5.64. The third-order valence-corrected chi connectivity index (χ3v) is 4.05. The monoisotopic (exact) mass is 269 g/mol. The topological polar surface area (TPSA) is 42.2 Å². The van der Waals surface area contributed by atoms with Crippen LogP contribution in [-0.2, 0) is 19.4 Å². The van der Waals surface area contributed by atoms with Gasteiger partial charge >= 0.3 is 6.01 Å². The molecule has 3 heterocycles. The fraction of sp³-hybridized carbons (Fsp3) is 0.455.